The van der Waals surface area contributed by atoms with Crippen molar-refractivity contribution in [1.29, 1.82) is 0 Å². The van der Waals surface area contributed by atoms with E-state index in [2.05, 4.69) is 25.6 Å². The van der Waals surface area contributed by atoms with Crippen LogP contribution in [0.15, 0.2) is 6.07 Å². The number of carbonyl (C=O) groups excluding carboxylic acids is 2. The Morgan fingerprint density at radius 2 is 2.00 bits per heavy atom. The van der Waals surface area contributed by atoms with Crippen LogP contribution >= 0.6 is 0 Å². The Hall–Kier alpha value is -2.05. The van der Waals surface area contributed by atoms with Crippen LogP contribution in [0.2, 0.25) is 0 Å². The van der Waals surface area contributed by atoms with E-state index in [1.54, 1.807) is 6.07 Å². The maximum absolute atomic E-state index is 12.2. The van der Waals surface area contributed by atoms with Crippen LogP contribution < -0.4 is 10.6 Å². The molecule has 1 aromatic heterocycles. The maximum atomic E-state index is 12.2. The molecule has 0 spiro atoms. The summed E-state index contributed by atoms with van der Waals surface area (Å²) in [5.41, 5.74) is 0.937. The molecule has 7 heteroatoms. The number of carbonyl (C=O) groups is 2. The van der Waals surface area contributed by atoms with Gasteiger partial charge in [-0.05, 0) is 18.3 Å². The average molecular weight is 296 g/mol. The second-order valence-corrected chi connectivity index (χ2v) is 5.67. The van der Waals surface area contributed by atoms with Gasteiger partial charge in [0.2, 0.25) is 5.91 Å². The first-order valence-electron chi connectivity index (χ1n) is 7.04. The smallest absolute Gasteiger partial charge is 0.407 e. The molecule has 0 fully saturated rings. The Kier molecular flexibility index (Phi) is 6.20. The molecule has 0 bridgehead atoms. The summed E-state index contributed by atoms with van der Waals surface area (Å²) in [6.45, 7) is 8.01. The van der Waals surface area contributed by atoms with Gasteiger partial charge in [0.25, 0.3) is 0 Å². The molecule has 1 heterocycles. The van der Waals surface area contributed by atoms with Gasteiger partial charge in [-0.1, -0.05) is 27.7 Å². The fourth-order valence-corrected chi connectivity index (χ4v) is 1.81. The largest absolute Gasteiger partial charge is 0.453 e. The highest BCUT2D eigenvalue weighted by molar-refractivity contribution is 5.95. The predicted octanol–water partition coefficient (Wildman–Crippen LogP) is 2.24. The number of nitrogens with zero attached hydrogens (tertiary/aromatic N) is 1. The molecule has 0 radical (unpaired) electrons. The van der Waals surface area contributed by atoms with Crippen molar-refractivity contribution in [3.05, 3.63) is 11.8 Å². The van der Waals surface area contributed by atoms with Gasteiger partial charge in [0.05, 0.1) is 7.11 Å². The zero-order valence-electron chi connectivity index (χ0n) is 13.2. The van der Waals surface area contributed by atoms with Crippen molar-refractivity contribution in [2.24, 2.45) is 5.92 Å². The molecule has 21 heavy (non-hydrogen) atoms. The minimum Gasteiger partial charge on any atom is -0.453 e. The number of aromatic amines is 1. The first-order valence-corrected chi connectivity index (χ1v) is 7.04. The molecule has 0 saturated heterocycles. The summed E-state index contributed by atoms with van der Waals surface area (Å²) in [4.78, 5) is 23.6. The summed E-state index contributed by atoms with van der Waals surface area (Å²) in [6.07, 6.45) is -0.108. The molecule has 0 saturated carbocycles. The van der Waals surface area contributed by atoms with E-state index in [0.29, 0.717) is 18.2 Å². The van der Waals surface area contributed by atoms with Gasteiger partial charge in [-0.2, -0.15) is 5.10 Å². The molecule has 2 amide bonds. The van der Waals surface area contributed by atoms with E-state index in [1.165, 1.54) is 7.11 Å². The van der Waals surface area contributed by atoms with Crippen molar-refractivity contribution < 1.29 is 14.3 Å². The zero-order valence-corrected chi connectivity index (χ0v) is 13.2. The maximum Gasteiger partial charge on any atom is 0.407 e. The van der Waals surface area contributed by atoms with Gasteiger partial charge >= 0.3 is 6.09 Å². The Labute approximate surface area is 124 Å². The second-order valence-electron chi connectivity index (χ2n) is 5.67. The number of hydrogen-bond acceptors (Lipinski definition) is 4. The number of ether oxygens (including phenoxy) is 1. The molecule has 0 aliphatic rings. The normalized spacial score (nSPS) is 12.3. The Morgan fingerprint density at radius 3 is 2.48 bits per heavy atom. The highest BCUT2D eigenvalue weighted by Gasteiger charge is 2.23. The first-order chi connectivity index (χ1) is 9.83. The molecule has 118 valence electrons. The second kappa shape index (κ2) is 7.66. The number of amides is 2. The van der Waals surface area contributed by atoms with Crippen LogP contribution in [0.3, 0.4) is 0 Å². The third-order valence-corrected chi connectivity index (χ3v) is 2.97. The molecule has 7 nitrogen and oxygen atoms in total. The van der Waals surface area contributed by atoms with Crippen LogP contribution in [-0.4, -0.2) is 35.3 Å². The summed E-state index contributed by atoms with van der Waals surface area (Å²) < 4.78 is 4.55. The molecular weight excluding hydrogens is 272 g/mol. The average Bonchev–Trinajstić information content (AvgIpc) is 2.85. The quantitative estimate of drug-likeness (QED) is 0.750. The van der Waals surface area contributed by atoms with Crippen LogP contribution in [0, 0.1) is 5.92 Å². The lowest BCUT2D eigenvalue weighted by molar-refractivity contribution is -0.118. The number of alkyl carbamates (subject to hydrolysis) is 1. The molecule has 1 atom stereocenters. The van der Waals surface area contributed by atoms with Crippen LogP contribution in [0.1, 0.15) is 45.7 Å². The third kappa shape index (κ3) is 5.45. The van der Waals surface area contributed by atoms with Crippen molar-refractivity contribution in [3.63, 3.8) is 0 Å². The van der Waals surface area contributed by atoms with E-state index in [9.17, 15) is 9.59 Å². The fourth-order valence-electron chi connectivity index (χ4n) is 1.81. The van der Waals surface area contributed by atoms with Crippen molar-refractivity contribution in [1.82, 2.24) is 15.5 Å². The van der Waals surface area contributed by atoms with Crippen LogP contribution in [0.5, 0.6) is 0 Å². The monoisotopic (exact) mass is 296 g/mol. The van der Waals surface area contributed by atoms with Gasteiger partial charge in [-0.15, -0.1) is 0 Å². The van der Waals surface area contributed by atoms with E-state index in [1.807, 2.05) is 27.7 Å². The zero-order chi connectivity index (χ0) is 16.0. The highest BCUT2D eigenvalue weighted by atomic mass is 16.5. The molecule has 0 aliphatic heterocycles. The molecule has 0 unspecified atom stereocenters. The SMILES string of the molecule is COC(=O)N[C@H](CC(C)C)C(=O)Nc1cc(C(C)C)[nH]n1. The third-order valence-electron chi connectivity index (χ3n) is 2.97. The summed E-state index contributed by atoms with van der Waals surface area (Å²) in [5.74, 6) is 0.686. The highest BCUT2D eigenvalue weighted by Crippen LogP contribution is 2.15. The Balaban J connectivity index is 2.72. The lowest BCUT2D eigenvalue weighted by Crippen LogP contribution is -2.44. The van der Waals surface area contributed by atoms with E-state index < -0.39 is 12.1 Å². The van der Waals surface area contributed by atoms with Gasteiger partial charge in [0, 0.05) is 11.8 Å². The summed E-state index contributed by atoms with van der Waals surface area (Å²) in [6, 6.07) is 1.13. The van der Waals surface area contributed by atoms with Gasteiger partial charge < -0.3 is 15.4 Å². The number of aromatic nitrogens is 2. The van der Waals surface area contributed by atoms with Gasteiger partial charge in [-0.25, -0.2) is 4.79 Å². The summed E-state index contributed by atoms with van der Waals surface area (Å²) in [7, 11) is 1.27. The van der Waals surface area contributed by atoms with Crippen LogP contribution in [0.4, 0.5) is 10.6 Å². The topological polar surface area (TPSA) is 96.1 Å². The van der Waals surface area contributed by atoms with E-state index in [4.69, 9.17) is 0 Å². The number of anilines is 1. The number of hydrogen-bond donors (Lipinski definition) is 3. The van der Waals surface area contributed by atoms with Crippen molar-refractivity contribution in [2.75, 3.05) is 12.4 Å². The first kappa shape index (κ1) is 17.0. The summed E-state index contributed by atoms with van der Waals surface area (Å²) in [5, 5.41) is 12.1. The van der Waals surface area contributed by atoms with Crippen molar-refractivity contribution in [2.45, 2.75) is 46.1 Å². The van der Waals surface area contributed by atoms with Crippen molar-refractivity contribution >= 4 is 17.8 Å². The van der Waals surface area contributed by atoms with E-state index in [0.717, 1.165) is 5.69 Å². The van der Waals surface area contributed by atoms with Crippen molar-refractivity contribution in [3.8, 4) is 0 Å². The molecule has 0 aromatic carbocycles. The Bertz CT molecular complexity index is 482. The van der Waals surface area contributed by atoms with E-state index >= 15 is 0 Å². The number of H-pyrrole nitrogens is 1. The Morgan fingerprint density at radius 1 is 1.33 bits per heavy atom. The van der Waals surface area contributed by atoms with Crippen LogP contribution in [0.25, 0.3) is 0 Å². The minimum atomic E-state index is -0.656. The molecule has 1 rings (SSSR count). The number of rotatable bonds is 6. The van der Waals surface area contributed by atoms with Crippen LogP contribution in [-0.2, 0) is 9.53 Å². The number of nitrogens with one attached hydrogen (secondary N) is 3. The lowest BCUT2D eigenvalue weighted by atomic mass is 10.0. The minimum absolute atomic E-state index is 0.253. The molecule has 3 N–H and O–H groups in total. The van der Waals surface area contributed by atoms with E-state index in [-0.39, 0.29) is 11.8 Å². The standard InChI is InChI=1S/C14H24N4O3/c1-8(2)6-11(15-14(20)21-5)13(19)16-12-7-10(9(3)4)17-18-12/h7-9,11H,6H2,1-5H3,(H,15,20)(H2,16,17,18,19)/t11-/m1/s1. The summed E-state index contributed by atoms with van der Waals surface area (Å²) >= 11 is 0. The van der Waals surface area contributed by atoms with Gasteiger partial charge in [0.1, 0.15) is 6.04 Å². The molecular formula is C14H24N4O3. The molecule has 1 aromatic rings. The predicted molar refractivity (Wildman–Crippen MR) is 80.1 cm³/mol. The molecule has 0 aliphatic carbocycles. The van der Waals surface area contributed by atoms with Gasteiger partial charge in [-0.3, -0.25) is 9.89 Å². The fraction of sp³-hybridized carbons (Fsp3) is 0.643. The number of methoxy groups -OCH3 is 1. The van der Waals surface area contributed by atoms with Gasteiger partial charge in [0.15, 0.2) is 5.82 Å². The lowest BCUT2D eigenvalue weighted by Gasteiger charge is -2.18.